The molecule has 3 unspecified atom stereocenters. The maximum atomic E-state index is 12.1. The highest BCUT2D eigenvalue weighted by atomic mass is 16.6. The minimum atomic E-state index is -0.191. The van der Waals surface area contributed by atoms with Crippen LogP contribution in [0.3, 0.4) is 0 Å². The van der Waals surface area contributed by atoms with Crippen LogP contribution in [-0.4, -0.2) is 78.0 Å². The molecule has 0 bridgehead atoms. The fourth-order valence-corrected chi connectivity index (χ4v) is 4.17. The number of carbonyl (C=O) groups excluding carboxylic acids is 1. The SMILES string of the molecule is CC1CN(C(=O)OCC2CCC3(CO)CCCN23)CCN1. The lowest BCUT2D eigenvalue weighted by Gasteiger charge is -2.34. The zero-order valence-corrected chi connectivity index (χ0v) is 12.9. The van der Waals surface area contributed by atoms with E-state index < -0.39 is 0 Å². The van der Waals surface area contributed by atoms with Gasteiger partial charge >= 0.3 is 6.09 Å². The summed E-state index contributed by atoms with van der Waals surface area (Å²) < 4.78 is 5.55. The number of piperazine rings is 1. The van der Waals surface area contributed by atoms with Crippen molar-refractivity contribution in [2.45, 2.75) is 50.2 Å². The van der Waals surface area contributed by atoms with Crippen molar-refractivity contribution in [1.82, 2.24) is 15.1 Å². The minimum absolute atomic E-state index is 0.0272. The summed E-state index contributed by atoms with van der Waals surface area (Å²) in [5.74, 6) is 0. The largest absolute Gasteiger partial charge is 0.448 e. The first-order valence-electron chi connectivity index (χ1n) is 8.17. The normalized spacial score (nSPS) is 36.8. The van der Waals surface area contributed by atoms with Gasteiger partial charge in [-0.05, 0) is 39.2 Å². The van der Waals surface area contributed by atoms with Crippen LogP contribution in [-0.2, 0) is 4.74 Å². The molecule has 6 heteroatoms. The van der Waals surface area contributed by atoms with Gasteiger partial charge in [0.1, 0.15) is 6.61 Å². The summed E-state index contributed by atoms with van der Waals surface area (Å²) in [5.41, 5.74) is -0.0272. The molecule has 3 aliphatic heterocycles. The van der Waals surface area contributed by atoms with Gasteiger partial charge in [0.15, 0.2) is 0 Å². The lowest BCUT2D eigenvalue weighted by atomic mass is 9.95. The van der Waals surface area contributed by atoms with E-state index in [-0.39, 0.29) is 24.3 Å². The van der Waals surface area contributed by atoms with E-state index in [2.05, 4.69) is 17.1 Å². The number of aliphatic hydroxyl groups excluding tert-OH is 1. The van der Waals surface area contributed by atoms with Crippen molar-refractivity contribution >= 4 is 6.09 Å². The summed E-state index contributed by atoms with van der Waals surface area (Å²) >= 11 is 0. The number of ether oxygens (including phenoxy) is 1. The first kappa shape index (κ1) is 15.1. The number of amides is 1. The van der Waals surface area contributed by atoms with Crippen LogP contribution in [0.25, 0.3) is 0 Å². The molecule has 1 amide bonds. The van der Waals surface area contributed by atoms with Crippen LogP contribution in [0.1, 0.15) is 32.6 Å². The van der Waals surface area contributed by atoms with Crippen molar-refractivity contribution in [3.05, 3.63) is 0 Å². The molecular formula is C15H27N3O3. The van der Waals surface area contributed by atoms with Crippen LogP contribution < -0.4 is 5.32 Å². The number of nitrogens with zero attached hydrogens (tertiary/aromatic N) is 2. The van der Waals surface area contributed by atoms with E-state index >= 15 is 0 Å². The van der Waals surface area contributed by atoms with E-state index in [0.717, 1.165) is 45.3 Å². The van der Waals surface area contributed by atoms with Crippen molar-refractivity contribution in [3.8, 4) is 0 Å². The Labute approximate surface area is 126 Å². The molecular weight excluding hydrogens is 270 g/mol. The molecule has 0 aromatic carbocycles. The van der Waals surface area contributed by atoms with E-state index in [1.54, 1.807) is 4.90 Å². The first-order chi connectivity index (χ1) is 10.1. The molecule has 3 atom stereocenters. The van der Waals surface area contributed by atoms with Gasteiger partial charge in [0.2, 0.25) is 0 Å². The molecule has 3 heterocycles. The van der Waals surface area contributed by atoms with Crippen LogP contribution in [0.5, 0.6) is 0 Å². The fraction of sp³-hybridized carbons (Fsp3) is 0.933. The molecule has 3 aliphatic rings. The Bertz CT molecular complexity index is 392. The highest BCUT2D eigenvalue weighted by Gasteiger charge is 2.48. The molecule has 6 nitrogen and oxygen atoms in total. The van der Waals surface area contributed by atoms with Crippen LogP contribution in [0.4, 0.5) is 4.79 Å². The van der Waals surface area contributed by atoms with Gasteiger partial charge in [-0.2, -0.15) is 0 Å². The van der Waals surface area contributed by atoms with Gasteiger partial charge in [-0.25, -0.2) is 4.79 Å². The molecule has 0 aromatic rings. The smallest absolute Gasteiger partial charge is 0.409 e. The van der Waals surface area contributed by atoms with Crippen LogP contribution >= 0.6 is 0 Å². The molecule has 0 spiro atoms. The van der Waals surface area contributed by atoms with Crippen molar-refractivity contribution in [3.63, 3.8) is 0 Å². The Morgan fingerprint density at radius 3 is 3.05 bits per heavy atom. The maximum absolute atomic E-state index is 12.1. The molecule has 0 aliphatic carbocycles. The summed E-state index contributed by atoms with van der Waals surface area (Å²) in [4.78, 5) is 16.3. The van der Waals surface area contributed by atoms with E-state index in [4.69, 9.17) is 4.74 Å². The third-order valence-electron chi connectivity index (χ3n) is 5.35. The van der Waals surface area contributed by atoms with Gasteiger partial charge in [-0.15, -0.1) is 0 Å². The monoisotopic (exact) mass is 297 g/mol. The van der Waals surface area contributed by atoms with Crippen LogP contribution in [0.15, 0.2) is 0 Å². The van der Waals surface area contributed by atoms with Crippen LogP contribution in [0, 0.1) is 0 Å². The lowest BCUT2D eigenvalue weighted by molar-refractivity contribution is 0.0382. The number of carbonyl (C=O) groups is 1. The lowest BCUT2D eigenvalue weighted by Crippen LogP contribution is -2.52. The average molecular weight is 297 g/mol. The number of aliphatic hydroxyl groups is 1. The van der Waals surface area contributed by atoms with Crippen molar-refractivity contribution in [2.75, 3.05) is 39.4 Å². The summed E-state index contributed by atoms with van der Waals surface area (Å²) in [6.45, 7) is 6.06. The van der Waals surface area contributed by atoms with Crippen molar-refractivity contribution in [2.24, 2.45) is 0 Å². The van der Waals surface area contributed by atoms with Gasteiger partial charge in [0.05, 0.1) is 6.61 Å². The second-order valence-electron chi connectivity index (χ2n) is 6.75. The Hall–Kier alpha value is -0.850. The number of fused-ring (bicyclic) bond motifs is 1. The predicted molar refractivity (Wildman–Crippen MR) is 79.2 cm³/mol. The third kappa shape index (κ3) is 2.89. The summed E-state index contributed by atoms with van der Waals surface area (Å²) in [6, 6.07) is 0.613. The van der Waals surface area contributed by atoms with E-state index in [9.17, 15) is 9.90 Å². The third-order valence-corrected chi connectivity index (χ3v) is 5.35. The molecule has 3 rings (SSSR count). The van der Waals surface area contributed by atoms with Gasteiger partial charge in [0, 0.05) is 37.3 Å². The molecule has 3 saturated heterocycles. The fourth-order valence-electron chi connectivity index (χ4n) is 4.17. The first-order valence-corrected chi connectivity index (χ1v) is 8.17. The molecule has 3 fully saturated rings. The highest BCUT2D eigenvalue weighted by Crippen LogP contribution is 2.41. The molecule has 0 saturated carbocycles. The summed E-state index contributed by atoms with van der Waals surface area (Å²) in [7, 11) is 0. The maximum Gasteiger partial charge on any atom is 0.409 e. The van der Waals surface area contributed by atoms with Gasteiger partial charge in [-0.1, -0.05) is 0 Å². The summed E-state index contributed by atoms with van der Waals surface area (Å²) in [6.07, 6.45) is 4.07. The molecule has 0 aromatic heterocycles. The van der Waals surface area contributed by atoms with Crippen LogP contribution in [0.2, 0.25) is 0 Å². The second-order valence-corrected chi connectivity index (χ2v) is 6.75. The van der Waals surface area contributed by atoms with E-state index in [1.807, 2.05) is 0 Å². The van der Waals surface area contributed by atoms with Crippen molar-refractivity contribution in [1.29, 1.82) is 0 Å². The van der Waals surface area contributed by atoms with Gasteiger partial charge in [0.25, 0.3) is 0 Å². The van der Waals surface area contributed by atoms with Crippen molar-refractivity contribution < 1.29 is 14.6 Å². The highest BCUT2D eigenvalue weighted by molar-refractivity contribution is 5.67. The Balaban J connectivity index is 1.50. The number of hydrogen-bond acceptors (Lipinski definition) is 5. The summed E-state index contributed by atoms with van der Waals surface area (Å²) in [5, 5.41) is 13.0. The molecule has 0 radical (unpaired) electrons. The number of nitrogens with one attached hydrogen (secondary N) is 1. The average Bonchev–Trinajstić information content (AvgIpc) is 3.04. The van der Waals surface area contributed by atoms with Gasteiger partial charge < -0.3 is 20.1 Å². The Morgan fingerprint density at radius 2 is 2.29 bits per heavy atom. The molecule has 2 N–H and O–H groups in total. The molecule has 21 heavy (non-hydrogen) atoms. The Morgan fingerprint density at radius 1 is 1.43 bits per heavy atom. The van der Waals surface area contributed by atoms with E-state index in [1.165, 1.54) is 0 Å². The standard InChI is InChI=1S/C15H27N3O3/c1-12-9-17(8-6-16-12)14(20)21-10-13-3-5-15(11-19)4-2-7-18(13)15/h12-13,16,19H,2-11H2,1H3. The topological polar surface area (TPSA) is 65.0 Å². The number of hydrogen-bond donors (Lipinski definition) is 2. The zero-order chi connectivity index (χ0) is 14.9. The quantitative estimate of drug-likeness (QED) is 0.790. The number of rotatable bonds is 3. The van der Waals surface area contributed by atoms with Gasteiger partial charge in [-0.3, -0.25) is 4.90 Å². The minimum Gasteiger partial charge on any atom is -0.448 e. The zero-order valence-electron chi connectivity index (χ0n) is 12.9. The second kappa shape index (κ2) is 6.10. The Kier molecular flexibility index (Phi) is 4.38. The molecule has 120 valence electrons. The van der Waals surface area contributed by atoms with E-state index in [0.29, 0.717) is 19.2 Å². The predicted octanol–water partition coefficient (Wildman–Crippen LogP) is 0.406.